The molecule has 7 heteroatoms. The van der Waals surface area contributed by atoms with Gasteiger partial charge in [0.2, 0.25) is 11.8 Å². The molecule has 1 aromatic rings. The van der Waals surface area contributed by atoms with Gasteiger partial charge in [0, 0.05) is 18.2 Å². The average Bonchev–Trinajstić information content (AvgIpc) is 2.75. The van der Waals surface area contributed by atoms with Crippen molar-refractivity contribution in [2.24, 2.45) is 17.4 Å². The fourth-order valence-corrected chi connectivity index (χ4v) is 2.38. The lowest BCUT2D eigenvalue weighted by molar-refractivity contribution is -0.121. The highest BCUT2D eigenvalue weighted by atomic mass is 16.2. The number of aromatic nitrogens is 2. The predicted molar refractivity (Wildman–Crippen MR) is 70.0 cm³/mol. The van der Waals surface area contributed by atoms with Gasteiger partial charge in [-0.15, -0.1) is 0 Å². The Balaban J connectivity index is 1.91. The Morgan fingerprint density at radius 2 is 2.26 bits per heavy atom. The van der Waals surface area contributed by atoms with Gasteiger partial charge in [0.25, 0.3) is 0 Å². The zero-order valence-electron chi connectivity index (χ0n) is 10.7. The Hall–Kier alpha value is -1.89. The van der Waals surface area contributed by atoms with Gasteiger partial charge in [-0.2, -0.15) is 5.10 Å². The lowest BCUT2D eigenvalue weighted by atomic mass is 9.85. The van der Waals surface area contributed by atoms with E-state index in [9.17, 15) is 9.59 Å². The number of amides is 2. The van der Waals surface area contributed by atoms with Gasteiger partial charge in [-0.1, -0.05) is 6.42 Å². The van der Waals surface area contributed by atoms with Crippen LogP contribution >= 0.6 is 0 Å². The summed E-state index contributed by atoms with van der Waals surface area (Å²) >= 11 is 0. The van der Waals surface area contributed by atoms with Crippen LogP contribution in [0.25, 0.3) is 0 Å². The minimum atomic E-state index is -0.473. The van der Waals surface area contributed by atoms with Crippen LogP contribution in [0.2, 0.25) is 0 Å². The van der Waals surface area contributed by atoms with Crippen LogP contribution in [-0.4, -0.2) is 27.6 Å². The quantitative estimate of drug-likeness (QED) is 0.700. The minimum absolute atomic E-state index is 0.00414. The molecule has 2 amide bonds. The lowest BCUT2D eigenvalue weighted by Crippen LogP contribution is -2.34. The second-order valence-corrected chi connectivity index (χ2v) is 5.01. The van der Waals surface area contributed by atoms with Crippen molar-refractivity contribution in [3.05, 3.63) is 12.4 Å². The highest BCUT2D eigenvalue weighted by Gasteiger charge is 2.25. The van der Waals surface area contributed by atoms with Crippen LogP contribution in [0.4, 0.5) is 5.69 Å². The van der Waals surface area contributed by atoms with E-state index in [2.05, 4.69) is 10.4 Å². The first kappa shape index (κ1) is 13.5. The third-order valence-corrected chi connectivity index (χ3v) is 3.30. The molecule has 1 aliphatic carbocycles. The largest absolute Gasteiger partial charge is 0.368 e. The van der Waals surface area contributed by atoms with Crippen molar-refractivity contribution in [2.45, 2.75) is 38.3 Å². The molecule has 1 heterocycles. The average molecular weight is 265 g/mol. The van der Waals surface area contributed by atoms with E-state index in [4.69, 9.17) is 11.5 Å². The molecule has 0 radical (unpaired) electrons. The van der Waals surface area contributed by atoms with E-state index in [1.54, 1.807) is 6.20 Å². The summed E-state index contributed by atoms with van der Waals surface area (Å²) < 4.78 is 1.39. The molecule has 0 aromatic carbocycles. The first-order valence-corrected chi connectivity index (χ1v) is 6.42. The zero-order chi connectivity index (χ0) is 13.8. The van der Waals surface area contributed by atoms with Gasteiger partial charge in [0.1, 0.15) is 6.54 Å². The second kappa shape index (κ2) is 5.83. The first-order valence-electron chi connectivity index (χ1n) is 6.42. The number of carbonyl (C=O) groups excluding carboxylic acids is 2. The predicted octanol–water partition coefficient (Wildman–Crippen LogP) is -0.176. The lowest BCUT2D eigenvalue weighted by Gasteiger charge is -2.25. The Bertz CT molecular complexity index is 470. The number of primary amides is 1. The number of nitrogens with zero attached hydrogens (tertiary/aromatic N) is 2. The van der Waals surface area contributed by atoms with Crippen LogP contribution in [0.5, 0.6) is 0 Å². The zero-order valence-corrected chi connectivity index (χ0v) is 10.7. The molecule has 0 bridgehead atoms. The minimum Gasteiger partial charge on any atom is -0.368 e. The molecule has 5 N–H and O–H groups in total. The van der Waals surface area contributed by atoms with Crippen molar-refractivity contribution in [1.82, 2.24) is 9.78 Å². The fraction of sp³-hybridized carbons (Fsp3) is 0.583. The van der Waals surface area contributed by atoms with Gasteiger partial charge < -0.3 is 16.8 Å². The maximum atomic E-state index is 12.0. The molecule has 1 aromatic heterocycles. The van der Waals surface area contributed by atoms with E-state index in [-0.39, 0.29) is 24.4 Å². The summed E-state index contributed by atoms with van der Waals surface area (Å²) in [6, 6.07) is 0.113. The number of nitrogens with one attached hydrogen (secondary N) is 1. The Kier molecular flexibility index (Phi) is 4.16. The van der Waals surface area contributed by atoms with Crippen LogP contribution in [0.3, 0.4) is 0 Å². The topological polar surface area (TPSA) is 116 Å². The standard InChI is InChI=1S/C12H19N5O2/c13-9-3-1-2-8(4-9)12(19)16-10-5-15-17(6-10)7-11(14)18/h5-6,8-9H,1-4,7,13H2,(H2,14,18)(H,16,19). The number of hydrogen-bond acceptors (Lipinski definition) is 4. The van der Waals surface area contributed by atoms with Gasteiger partial charge in [0.05, 0.1) is 11.9 Å². The normalized spacial score (nSPS) is 23.0. The van der Waals surface area contributed by atoms with Gasteiger partial charge in [-0.3, -0.25) is 14.3 Å². The van der Waals surface area contributed by atoms with Crippen molar-refractivity contribution in [3.8, 4) is 0 Å². The smallest absolute Gasteiger partial charge is 0.239 e. The van der Waals surface area contributed by atoms with Crippen LogP contribution in [0, 0.1) is 5.92 Å². The van der Waals surface area contributed by atoms with Gasteiger partial charge in [0.15, 0.2) is 0 Å². The van der Waals surface area contributed by atoms with E-state index >= 15 is 0 Å². The molecule has 2 atom stereocenters. The number of carbonyl (C=O) groups is 2. The van der Waals surface area contributed by atoms with E-state index in [1.165, 1.54) is 10.9 Å². The van der Waals surface area contributed by atoms with Crippen LogP contribution in [-0.2, 0) is 16.1 Å². The molecule has 19 heavy (non-hydrogen) atoms. The molecule has 7 nitrogen and oxygen atoms in total. The fourth-order valence-electron chi connectivity index (χ4n) is 2.38. The van der Waals surface area contributed by atoms with E-state index in [0.717, 1.165) is 25.7 Å². The van der Waals surface area contributed by atoms with Crippen LogP contribution < -0.4 is 16.8 Å². The van der Waals surface area contributed by atoms with Gasteiger partial charge in [-0.05, 0) is 19.3 Å². The number of anilines is 1. The van der Waals surface area contributed by atoms with Crippen molar-refractivity contribution >= 4 is 17.5 Å². The van der Waals surface area contributed by atoms with E-state index in [0.29, 0.717) is 5.69 Å². The molecule has 0 spiro atoms. The van der Waals surface area contributed by atoms with Gasteiger partial charge >= 0.3 is 0 Å². The SMILES string of the molecule is NC(=O)Cn1cc(NC(=O)C2CCCC(N)C2)cn1. The van der Waals surface area contributed by atoms with Crippen LogP contribution in [0.15, 0.2) is 12.4 Å². The Morgan fingerprint density at radius 1 is 1.47 bits per heavy atom. The number of hydrogen-bond donors (Lipinski definition) is 3. The Morgan fingerprint density at radius 3 is 2.95 bits per heavy atom. The van der Waals surface area contributed by atoms with Crippen molar-refractivity contribution in [3.63, 3.8) is 0 Å². The summed E-state index contributed by atoms with van der Waals surface area (Å²) in [7, 11) is 0. The van der Waals surface area contributed by atoms with Crippen LogP contribution in [0.1, 0.15) is 25.7 Å². The van der Waals surface area contributed by atoms with Crippen molar-refractivity contribution in [2.75, 3.05) is 5.32 Å². The summed E-state index contributed by atoms with van der Waals surface area (Å²) in [5, 5.41) is 6.74. The molecule has 1 saturated carbocycles. The molecular weight excluding hydrogens is 246 g/mol. The van der Waals surface area contributed by atoms with E-state index in [1.807, 2.05) is 0 Å². The molecule has 0 saturated heterocycles. The summed E-state index contributed by atoms with van der Waals surface area (Å²) in [6.07, 6.45) is 6.66. The molecule has 1 aliphatic rings. The first-order chi connectivity index (χ1) is 9.04. The molecule has 1 fully saturated rings. The number of nitrogens with two attached hydrogens (primary N) is 2. The summed E-state index contributed by atoms with van der Waals surface area (Å²) in [5.74, 6) is -0.545. The Labute approximate surface area is 111 Å². The highest BCUT2D eigenvalue weighted by molar-refractivity contribution is 5.92. The molecular formula is C12H19N5O2. The van der Waals surface area contributed by atoms with E-state index < -0.39 is 5.91 Å². The molecule has 0 aliphatic heterocycles. The summed E-state index contributed by atoms with van der Waals surface area (Å²) in [5.41, 5.74) is 11.5. The van der Waals surface area contributed by atoms with Gasteiger partial charge in [-0.25, -0.2) is 0 Å². The summed E-state index contributed by atoms with van der Waals surface area (Å²) in [6.45, 7) is 0.00414. The number of rotatable bonds is 4. The third-order valence-electron chi connectivity index (χ3n) is 3.30. The summed E-state index contributed by atoms with van der Waals surface area (Å²) in [4.78, 5) is 22.8. The van der Waals surface area contributed by atoms with Crippen molar-refractivity contribution in [1.29, 1.82) is 0 Å². The second-order valence-electron chi connectivity index (χ2n) is 5.01. The monoisotopic (exact) mass is 265 g/mol. The maximum Gasteiger partial charge on any atom is 0.239 e. The maximum absolute atomic E-state index is 12.0. The molecule has 2 rings (SSSR count). The molecule has 2 unspecified atom stereocenters. The third kappa shape index (κ3) is 3.78. The van der Waals surface area contributed by atoms with Crippen molar-refractivity contribution < 1.29 is 9.59 Å². The highest BCUT2D eigenvalue weighted by Crippen LogP contribution is 2.24. The molecule has 104 valence electrons.